The molecule has 0 saturated carbocycles. The molecule has 1 aliphatic carbocycles. The first kappa shape index (κ1) is 13.6. The molecule has 1 aliphatic rings. The average Bonchev–Trinajstić information content (AvgIpc) is 2.34. The maximum atomic E-state index is 5.53. The normalized spacial score (nSPS) is 20.1. The summed E-state index contributed by atoms with van der Waals surface area (Å²) in [6.07, 6.45) is 3.50. The summed E-state index contributed by atoms with van der Waals surface area (Å²) in [6, 6.07) is 9.34. The lowest BCUT2D eigenvalue weighted by Crippen LogP contribution is -2.38. The fourth-order valence-electron chi connectivity index (χ4n) is 2.90. The van der Waals surface area contributed by atoms with Crippen LogP contribution in [-0.4, -0.2) is 25.8 Å². The van der Waals surface area contributed by atoms with Crippen molar-refractivity contribution < 1.29 is 4.74 Å². The van der Waals surface area contributed by atoms with E-state index in [1.54, 1.807) is 12.7 Å². The molecular weight excluding hydrogens is 222 g/mol. The number of hydrogen-bond donors (Lipinski definition) is 1. The lowest BCUT2D eigenvalue weighted by atomic mass is 9.73. The molecule has 1 aromatic rings. The van der Waals surface area contributed by atoms with Gasteiger partial charge in [0.25, 0.3) is 0 Å². The van der Waals surface area contributed by atoms with Crippen molar-refractivity contribution in [3.63, 3.8) is 0 Å². The fourth-order valence-corrected chi connectivity index (χ4v) is 2.90. The number of nitrogens with one attached hydrogen (secondary N) is 1. The van der Waals surface area contributed by atoms with E-state index in [1.165, 1.54) is 18.4 Å². The van der Waals surface area contributed by atoms with Gasteiger partial charge in [-0.15, -0.1) is 0 Å². The Bertz CT molecular complexity index is 400. The lowest BCUT2D eigenvalue weighted by molar-refractivity contribution is 0.00627. The van der Waals surface area contributed by atoms with Crippen molar-refractivity contribution in [2.45, 2.75) is 50.7 Å². The summed E-state index contributed by atoms with van der Waals surface area (Å²) in [5, 5.41) is 3.44. The molecule has 2 nitrogen and oxygen atoms in total. The molecule has 100 valence electrons. The second kappa shape index (κ2) is 5.41. The molecule has 0 bridgehead atoms. The van der Waals surface area contributed by atoms with Gasteiger partial charge in [0.1, 0.15) is 0 Å². The van der Waals surface area contributed by atoms with Crippen LogP contribution in [0.2, 0.25) is 0 Å². The van der Waals surface area contributed by atoms with Crippen molar-refractivity contribution in [3.05, 3.63) is 35.4 Å². The Labute approximate surface area is 111 Å². The molecular formula is C16H25NO. The van der Waals surface area contributed by atoms with E-state index in [9.17, 15) is 0 Å². The first-order valence-corrected chi connectivity index (χ1v) is 6.86. The van der Waals surface area contributed by atoms with E-state index < -0.39 is 0 Å². The average molecular weight is 247 g/mol. The molecule has 0 aliphatic heterocycles. The van der Waals surface area contributed by atoms with Gasteiger partial charge in [-0.2, -0.15) is 0 Å². The Hall–Kier alpha value is -0.860. The molecule has 2 unspecified atom stereocenters. The highest BCUT2D eigenvalue weighted by molar-refractivity contribution is 5.39. The Kier molecular flexibility index (Phi) is 4.08. The van der Waals surface area contributed by atoms with Crippen LogP contribution in [0.3, 0.4) is 0 Å². The van der Waals surface area contributed by atoms with Crippen LogP contribution < -0.4 is 5.32 Å². The van der Waals surface area contributed by atoms with Crippen LogP contribution in [0.5, 0.6) is 0 Å². The van der Waals surface area contributed by atoms with Crippen molar-refractivity contribution in [2.24, 2.45) is 0 Å². The Morgan fingerprint density at radius 1 is 1.39 bits per heavy atom. The highest BCUT2D eigenvalue weighted by Gasteiger charge is 2.30. The molecule has 0 radical (unpaired) electrons. The molecule has 18 heavy (non-hydrogen) atoms. The molecule has 1 aromatic carbocycles. The summed E-state index contributed by atoms with van der Waals surface area (Å²) in [7, 11) is 3.85. The molecule has 2 rings (SSSR count). The minimum atomic E-state index is -0.0447. The van der Waals surface area contributed by atoms with Crippen molar-refractivity contribution >= 4 is 0 Å². The third-order valence-corrected chi connectivity index (χ3v) is 4.23. The maximum Gasteiger partial charge on any atom is 0.0637 e. The second-order valence-electron chi connectivity index (χ2n) is 5.99. The predicted octanol–water partition coefficient (Wildman–Crippen LogP) is 3.12. The van der Waals surface area contributed by atoms with Gasteiger partial charge in [0, 0.05) is 13.2 Å². The molecule has 0 saturated heterocycles. The van der Waals surface area contributed by atoms with E-state index >= 15 is 0 Å². The van der Waals surface area contributed by atoms with Crippen LogP contribution in [0.4, 0.5) is 0 Å². The molecule has 0 amide bonds. The van der Waals surface area contributed by atoms with E-state index in [-0.39, 0.29) is 5.60 Å². The van der Waals surface area contributed by atoms with Crippen LogP contribution in [0.1, 0.15) is 43.7 Å². The van der Waals surface area contributed by atoms with Gasteiger partial charge in [-0.3, -0.25) is 0 Å². The zero-order valence-electron chi connectivity index (χ0n) is 12.0. The summed E-state index contributed by atoms with van der Waals surface area (Å²) < 4.78 is 5.53. The van der Waals surface area contributed by atoms with E-state index in [2.05, 4.69) is 50.5 Å². The monoisotopic (exact) mass is 247 g/mol. The molecule has 1 N–H and O–H groups in total. The third-order valence-electron chi connectivity index (χ3n) is 4.23. The van der Waals surface area contributed by atoms with Gasteiger partial charge in [0.2, 0.25) is 0 Å². The lowest BCUT2D eigenvalue weighted by Gasteiger charge is -2.35. The van der Waals surface area contributed by atoms with Gasteiger partial charge >= 0.3 is 0 Å². The number of hydrogen-bond acceptors (Lipinski definition) is 2. The number of rotatable bonds is 6. The first-order chi connectivity index (χ1) is 8.55. The molecule has 0 aromatic heterocycles. The second-order valence-corrected chi connectivity index (χ2v) is 5.99. The van der Waals surface area contributed by atoms with E-state index in [0.717, 1.165) is 12.3 Å². The zero-order valence-corrected chi connectivity index (χ0v) is 12.0. The number of methoxy groups -OCH3 is 1. The summed E-state index contributed by atoms with van der Waals surface area (Å²) in [4.78, 5) is 0. The minimum absolute atomic E-state index is 0.0447. The zero-order chi connectivity index (χ0) is 13.2. The van der Waals surface area contributed by atoms with Gasteiger partial charge < -0.3 is 10.1 Å². The van der Waals surface area contributed by atoms with Gasteiger partial charge in [0.15, 0.2) is 0 Å². The Morgan fingerprint density at radius 2 is 2.11 bits per heavy atom. The van der Waals surface area contributed by atoms with E-state index in [0.29, 0.717) is 6.04 Å². The van der Waals surface area contributed by atoms with Crippen LogP contribution in [-0.2, 0) is 11.2 Å². The van der Waals surface area contributed by atoms with Gasteiger partial charge in [-0.1, -0.05) is 24.3 Å². The minimum Gasteiger partial charge on any atom is -0.379 e. The van der Waals surface area contributed by atoms with Crippen LogP contribution in [0.15, 0.2) is 24.3 Å². The Balaban J connectivity index is 1.93. The fraction of sp³-hybridized carbons (Fsp3) is 0.625. The number of ether oxygens (including phenoxy) is 1. The molecule has 0 spiro atoms. The van der Waals surface area contributed by atoms with Crippen molar-refractivity contribution in [3.8, 4) is 0 Å². The summed E-state index contributed by atoms with van der Waals surface area (Å²) in [5.74, 6) is 0.728. The van der Waals surface area contributed by atoms with Crippen molar-refractivity contribution in [2.75, 3.05) is 14.2 Å². The van der Waals surface area contributed by atoms with Gasteiger partial charge in [-0.25, -0.2) is 0 Å². The highest BCUT2D eigenvalue weighted by atomic mass is 16.5. The highest BCUT2D eigenvalue weighted by Crippen LogP contribution is 2.38. The van der Waals surface area contributed by atoms with Crippen LogP contribution in [0.25, 0.3) is 0 Å². The van der Waals surface area contributed by atoms with Gasteiger partial charge in [0.05, 0.1) is 5.60 Å². The van der Waals surface area contributed by atoms with E-state index in [4.69, 9.17) is 4.74 Å². The number of fused-ring (bicyclic) bond motifs is 1. The van der Waals surface area contributed by atoms with Crippen molar-refractivity contribution in [1.82, 2.24) is 5.32 Å². The smallest absolute Gasteiger partial charge is 0.0637 e. The summed E-state index contributed by atoms with van der Waals surface area (Å²) in [6.45, 7) is 4.32. The SMILES string of the molecule is CNC(CC1Cc2ccccc21)CC(C)(C)OC. The molecule has 2 atom stereocenters. The van der Waals surface area contributed by atoms with Crippen LogP contribution >= 0.6 is 0 Å². The third kappa shape index (κ3) is 2.93. The van der Waals surface area contributed by atoms with Crippen LogP contribution in [0, 0.1) is 0 Å². The van der Waals surface area contributed by atoms with Crippen molar-refractivity contribution in [1.29, 1.82) is 0 Å². The molecule has 0 heterocycles. The number of benzene rings is 1. The first-order valence-electron chi connectivity index (χ1n) is 6.86. The predicted molar refractivity (Wildman–Crippen MR) is 76.1 cm³/mol. The summed E-state index contributed by atoms with van der Waals surface area (Å²) in [5.41, 5.74) is 3.04. The maximum absolute atomic E-state index is 5.53. The standard InChI is InChI=1S/C16H25NO/c1-16(2,18-4)11-14(17-3)10-13-9-12-7-5-6-8-15(12)13/h5-8,13-14,17H,9-11H2,1-4H3. The quantitative estimate of drug-likeness (QED) is 0.834. The molecule has 0 fully saturated rings. The Morgan fingerprint density at radius 3 is 2.72 bits per heavy atom. The molecule has 2 heteroatoms. The largest absolute Gasteiger partial charge is 0.379 e. The topological polar surface area (TPSA) is 21.3 Å². The van der Waals surface area contributed by atoms with E-state index in [1.807, 2.05) is 0 Å². The summed E-state index contributed by atoms with van der Waals surface area (Å²) >= 11 is 0. The van der Waals surface area contributed by atoms with Gasteiger partial charge in [-0.05, 0) is 57.2 Å².